The molecule has 0 aromatic heterocycles. The monoisotopic (exact) mass is 481 g/mol. The van der Waals surface area contributed by atoms with Crippen molar-refractivity contribution in [2.45, 2.75) is 18.8 Å². The van der Waals surface area contributed by atoms with Crippen LogP contribution in [-0.4, -0.2) is 24.4 Å². The number of para-hydroxylation sites is 2. The molecule has 37 heavy (non-hydrogen) atoms. The van der Waals surface area contributed by atoms with Gasteiger partial charge in [0.05, 0.1) is 17.2 Å². The number of allylic oxidation sites excluding steroid dienone is 1. The molecule has 0 spiro atoms. The molecule has 180 valence electrons. The lowest BCUT2D eigenvalue weighted by molar-refractivity contribution is -0.401. The molecule has 3 nitrogen and oxygen atoms in total. The van der Waals surface area contributed by atoms with E-state index in [-0.39, 0.29) is 5.41 Å². The summed E-state index contributed by atoms with van der Waals surface area (Å²) in [7, 11) is 4.27. The zero-order valence-corrected chi connectivity index (χ0v) is 21.4. The van der Waals surface area contributed by atoms with E-state index in [0.717, 1.165) is 23.7 Å². The highest BCUT2D eigenvalue weighted by molar-refractivity contribution is 6.08. The Morgan fingerprint density at radius 1 is 0.811 bits per heavy atom. The van der Waals surface area contributed by atoms with Crippen LogP contribution < -0.4 is 9.64 Å². The number of hydrogen-bond donors (Lipinski definition) is 0. The van der Waals surface area contributed by atoms with Gasteiger partial charge in [-0.1, -0.05) is 78.9 Å². The summed E-state index contributed by atoms with van der Waals surface area (Å²) >= 11 is 0. The van der Waals surface area contributed by atoms with Crippen molar-refractivity contribution in [1.82, 2.24) is 0 Å². The molecule has 0 saturated carbocycles. The Hall–Kier alpha value is -4.37. The van der Waals surface area contributed by atoms with Gasteiger partial charge in [0.1, 0.15) is 7.05 Å². The summed E-state index contributed by atoms with van der Waals surface area (Å²) in [5.74, 6) is 1.75. The lowest BCUT2D eigenvalue weighted by atomic mass is 9.73. The van der Waals surface area contributed by atoms with E-state index in [0.29, 0.717) is 0 Å². The smallest absolute Gasteiger partial charge is 0.210 e. The highest BCUT2D eigenvalue weighted by Gasteiger charge is 2.48. The van der Waals surface area contributed by atoms with E-state index in [1.165, 1.54) is 44.1 Å². The Morgan fingerprint density at radius 3 is 2.35 bits per heavy atom. The van der Waals surface area contributed by atoms with Crippen LogP contribution >= 0.6 is 0 Å². The molecule has 1 atom stereocenters. The molecule has 2 aliphatic heterocycles. The van der Waals surface area contributed by atoms with Crippen LogP contribution in [0.5, 0.6) is 5.75 Å². The lowest BCUT2D eigenvalue weighted by Crippen LogP contribution is -2.34. The number of ether oxygens (including phenoxy) is 1. The maximum Gasteiger partial charge on any atom is 0.210 e. The molecule has 3 heteroatoms. The number of hydrogen-bond acceptors (Lipinski definition) is 2. The van der Waals surface area contributed by atoms with Gasteiger partial charge in [-0.05, 0) is 58.7 Å². The fourth-order valence-electron chi connectivity index (χ4n) is 6.30. The third-order valence-corrected chi connectivity index (χ3v) is 8.15. The zero-order valence-electron chi connectivity index (χ0n) is 21.4. The Labute approximate surface area is 217 Å². The normalized spacial score (nSPS) is 19.5. The summed E-state index contributed by atoms with van der Waals surface area (Å²) in [6.07, 6.45) is 3.13. The molecular weight excluding hydrogens is 452 g/mol. The molecule has 0 radical (unpaired) electrons. The Bertz CT molecular complexity index is 1780. The van der Waals surface area contributed by atoms with E-state index in [2.05, 4.69) is 128 Å². The summed E-state index contributed by atoms with van der Waals surface area (Å²) in [5.41, 5.74) is 6.05. The molecular formula is C34H29N2O+. The van der Waals surface area contributed by atoms with Gasteiger partial charge in [-0.15, -0.1) is 0 Å². The van der Waals surface area contributed by atoms with Crippen molar-refractivity contribution in [2.75, 3.05) is 19.0 Å². The second-order valence-corrected chi connectivity index (χ2v) is 10.4. The second kappa shape index (κ2) is 8.07. The number of nitrogens with zero attached hydrogens (tertiary/aromatic N) is 2. The van der Waals surface area contributed by atoms with Gasteiger partial charge in [0.25, 0.3) is 0 Å². The lowest BCUT2D eigenvalue weighted by Gasteiger charge is -2.25. The predicted molar refractivity (Wildman–Crippen MR) is 153 cm³/mol. The molecule has 7 rings (SSSR count). The summed E-state index contributed by atoms with van der Waals surface area (Å²) < 4.78 is 8.71. The molecule has 0 amide bonds. The summed E-state index contributed by atoms with van der Waals surface area (Å²) in [6.45, 7) is 2.39. The van der Waals surface area contributed by atoms with Crippen molar-refractivity contribution < 1.29 is 9.31 Å². The van der Waals surface area contributed by atoms with Gasteiger partial charge in [0.2, 0.25) is 11.6 Å². The van der Waals surface area contributed by atoms with Crippen molar-refractivity contribution in [2.24, 2.45) is 0 Å². The molecule has 0 bridgehead atoms. The van der Waals surface area contributed by atoms with Gasteiger partial charge in [-0.3, -0.25) is 0 Å². The zero-order chi connectivity index (χ0) is 25.1. The van der Waals surface area contributed by atoms with E-state index in [4.69, 9.17) is 4.74 Å². The third-order valence-electron chi connectivity index (χ3n) is 8.15. The van der Waals surface area contributed by atoms with Gasteiger partial charge in [-0.2, -0.15) is 4.58 Å². The van der Waals surface area contributed by atoms with E-state index in [1.807, 2.05) is 12.1 Å². The average Bonchev–Trinajstić information content (AvgIpc) is 3.35. The Kier molecular flexibility index (Phi) is 4.77. The third kappa shape index (κ3) is 3.31. The van der Waals surface area contributed by atoms with E-state index >= 15 is 0 Å². The maximum atomic E-state index is 6.36. The van der Waals surface area contributed by atoms with Crippen LogP contribution in [0.2, 0.25) is 0 Å². The van der Waals surface area contributed by atoms with Crippen LogP contribution in [0.1, 0.15) is 18.1 Å². The highest BCUT2D eigenvalue weighted by Crippen LogP contribution is 2.47. The Balaban J connectivity index is 1.42. The van der Waals surface area contributed by atoms with Crippen molar-refractivity contribution in [3.63, 3.8) is 0 Å². The highest BCUT2D eigenvalue weighted by atomic mass is 16.5. The number of anilines is 1. The van der Waals surface area contributed by atoms with Crippen LogP contribution in [-0.2, 0) is 11.8 Å². The molecule has 2 aliphatic rings. The van der Waals surface area contributed by atoms with Crippen molar-refractivity contribution in [1.29, 1.82) is 0 Å². The fourth-order valence-corrected chi connectivity index (χ4v) is 6.30. The minimum Gasteiger partial charge on any atom is -0.438 e. The van der Waals surface area contributed by atoms with Gasteiger partial charge < -0.3 is 9.64 Å². The minimum atomic E-state index is -0.251. The molecule has 0 saturated heterocycles. The van der Waals surface area contributed by atoms with E-state index in [9.17, 15) is 0 Å². The number of fused-ring (bicyclic) bond motifs is 5. The summed E-state index contributed by atoms with van der Waals surface area (Å²) in [4.78, 5) is 2.15. The molecule has 0 aliphatic carbocycles. The quantitative estimate of drug-likeness (QED) is 0.247. The number of benzene rings is 5. The van der Waals surface area contributed by atoms with Crippen molar-refractivity contribution in [3.8, 4) is 5.75 Å². The first-order valence-corrected chi connectivity index (χ1v) is 12.9. The standard InChI is InChI=1S/C34H29N2O/c1-34(22-23-16-17-24-10-4-5-12-26(24)20-23)31(21-32-36(3)28-14-8-9-15-30(28)37-32)35(2)29-19-18-25-11-6-7-13-27(25)33(29)34/h4-21H,22H2,1-3H3/q+1. The molecule has 1 unspecified atom stereocenters. The van der Waals surface area contributed by atoms with Crippen LogP contribution in [0, 0.1) is 0 Å². The van der Waals surface area contributed by atoms with Crippen molar-refractivity contribution in [3.05, 3.63) is 126 Å². The first-order valence-electron chi connectivity index (χ1n) is 12.9. The molecule has 5 aromatic rings. The summed E-state index contributed by atoms with van der Waals surface area (Å²) in [5, 5.41) is 5.14. The van der Waals surface area contributed by atoms with Gasteiger partial charge in [0, 0.05) is 18.7 Å². The van der Waals surface area contributed by atoms with Crippen LogP contribution in [0.25, 0.3) is 21.5 Å². The molecule has 5 aromatic carbocycles. The van der Waals surface area contributed by atoms with Crippen LogP contribution in [0.4, 0.5) is 11.4 Å². The average molecular weight is 482 g/mol. The molecule has 0 fully saturated rings. The number of rotatable bonds is 3. The molecule has 0 N–H and O–H groups in total. The predicted octanol–water partition coefficient (Wildman–Crippen LogP) is 7.59. The summed E-state index contributed by atoms with van der Waals surface area (Å²) in [6, 6.07) is 37.0. The van der Waals surface area contributed by atoms with Gasteiger partial charge in [0.15, 0.2) is 11.5 Å². The van der Waals surface area contributed by atoms with E-state index < -0.39 is 0 Å². The van der Waals surface area contributed by atoms with Crippen molar-refractivity contribution >= 4 is 38.6 Å². The maximum absolute atomic E-state index is 6.36. The first-order chi connectivity index (χ1) is 18.0. The van der Waals surface area contributed by atoms with Crippen LogP contribution in [0.15, 0.2) is 115 Å². The van der Waals surface area contributed by atoms with E-state index in [1.54, 1.807) is 0 Å². The Morgan fingerprint density at radius 2 is 1.51 bits per heavy atom. The first kappa shape index (κ1) is 21.9. The molecule has 2 heterocycles. The minimum absolute atomic E-state index is 0.251. The second-order valence-electron chi connectivity index (χ2n) is 10.4. The topological polar surface area (TPSA) is 15.5 Å². The van der Waals surface area contributed by atoms with Crippen LogP contribution in [0.3, 0.4) is 0 Å². The SMILES string of the molecule is CN1/C(=C/C2=[N+](C)c3ccc4ccccc4c3C2(C)Cc2ccc3ccccc3c2)Oc2ccccc21. The fraction of sp³-hybridized carbons (Fsp3) is 0.147. The largest absolute Gasteiger partial charge is 0.438 e. The van der Waals surface area contributed by atoms with Gasteiger partial charge >= 0.3 is 0 Å². The van der Waals surface area contributed by atoms with Gasteiger partial charge in [-0.25, -0.2) is 0 Å².